The fourth-order valence-electron chi connectivity index (χ4n) is 1.80. The first-order valence-corrected chi connectivity index (χ1v) is 7.23. The van der Waals surface area contributed by atoms with Crippen LogP contribution in [0.1, 0.15) is 11.1 Å². The molecular formula is C15H13Cl2NO2S. The average molecular weight is 342 g/mol. The monoisotopic (exact) mass is 341 g/mol. The molecule has 0 aliphatic rings. The van der Waals surface area contributed by atoms with Gasteiger partial charge in [-0.3, -0.25) is 0 Å². The zero-order chi connectivity index (χ0) is 15.4. The molecule has 2 rings (SSSR count). The molecule has 0 saturated carbocycles. The summed E-state index contributed by atoms with van der Waals surface area (Å²) in [6, 6.07) is 10.7. The van der Waals surface area contributed by atoms with E-state index in [1.807, 2.05) is 6.07 Å². The summed E-state index contributed by atoms with van der Waals surface area (Å²) in [6.45, 7) is 0.264. The number of hydrogen-bond acceptors (Lipinski definition) is 3. The van der Waals surface area contributed by atoms with E-state index in [1.165, 1.54) is 0 Å². The molecule has 0 spiro atoms. The highest BCUT2D eigenvalue weighted by Crippen LogP contribution is 2.32. The van der Waals surface area contributed by atoms with Gasteiger partial charge in [-0.05, 0) is 30.3 Å². The number of methoxy groups -OCH3 is 1. The van der Waals surface area contributed by atoms with Gasteiger partial charge in [0.15, 0.2) is 0 Å². The molecule has 0 unspecified atom stereocenters. The van der Waals surface area contributed by atoms with E-state index in [-0.39, 0.29) is 6.61 Å². The van der Waals surface area contributed by atoms with Gasteiger partial charge in [0.25, 0.3) is 0 Å². The standard InChI is InChI=1S/C15H13Cl2NO2S/c1-19-12-6-5-9(15(18)21)7-10(12)8-20-13-4-2-3-11(16)14(13)17/h2-7H,8H2,1H3,(H2,18,21). The van der Waals surface area contributed by atoms with Crippen LogP contribution in [0.25, 0.3) is 0 Å². The Balaban J connectivity index is 2.24. The molecule has 0 saturated heterocycles. The molecule has 2 aromatic rings. The zero-order valence-corrected chi connectivity index (χ0v) is 13.6. The Morgan fingerprint density at radius 3 is 2.62 bits per heavy atom. The zero-order valence-electron chi connectivity index (χ0n) is 11.2. The van der Waals surface area contributed by atoms with Crippen LogP contribution < -0.4 is 15.2 Å². The lowest BCUT2D eigenvalue weighted by Crippen LogP contribution is -2.10. The first kappa shape index (κ1) is 15.9. The van der Waals surface area contributed by atoms with Gasteiger partial charge in [0.05, 0.1) is 12.1 Å². The maximum Gasteiger partial charge on any atom is 0.139 e. The van der Waals surface area contributed by atoms with Gasteiger partial charge in [0.2, 0.25) is 0 Å². The number of hydrogen-bond donors (Lipinski definition) is 1. The molecule has 3 nitrogen and oxygen atoms in total. The summed E-state index contributed by atoms with van der Waals surface area (Å²) < 4.78 is 11.0. The summed E-state index contributed by atoms with van der Waals surface area (Å²) in [5.74, 6) is 1.19. The Morgan fingerprint density at radius 2 is 1.95 bits per heavy atom. The van der Waals surface area contributed by atoms with Crippen LogP contribution in [0.4, 0.5) is 0 Å². The number of thiocarbonyl (C=S) groups is 1. The highest BCUT2D eigenvalue weighted by Gasteiger charge is 2.10. The highest BCUT2D eigenvalue weighted by molar-refractivity contribution is 7.80. The lowest BCUT2D eigenvalue weighted by atomic mass is 10.1. The molecule has 2 aromatic carbocycles. The van der Waals surface area contributed by atoms with E-state index in [4.69, 9.17) is 50.6 Å². The van der Waals surface area contributed by atoms with E-state index in [9.17, 15) is 0 Å². The molecule has 6 heteroatoms. The van der Waals surface area contributed by atoms with Gasteiger partial charge in [0.1, 0.15) is 28.1 Å². The second-order valence-corrected chi connectivity index (χ2v) is 5.46. The van der Waals surface area contributed by atoms with Crippen molar-refractivity contribution in [1.82, 2.24) is 0 Å². The van der Waals surface area contributed by atoms with Gasteiger partial charge in [-0.2, -0.15) is 0 Å². The minimum Gasteiger partial charge on any atom is -0.496 e. The molecular weight excluding hydrogens is 329 g/mol. The Labute approximate surface area is 138 Å². The maximum absolute atomic E-state index is 6.09. The third-order valence-electron chi connectivity index (χ3n) is 2.86. The Hall–Kier alpha value is -1.49. The predicted octanol–water partition coefficient (Wildman–Crippen LogP) is 4.22. The Morgan fingerprint density at radius 1 is 1.19 bits per heavy atom. The minimum atomic E-state index is 0.264. The number of halogens is 2. The van der Waals surface area contributed by atoms with Crippen molar-refractivity contribution in [2.75, 3.05) is 7.11 Å². The van der Waals surface area contributed by atoms with E-state index in [1.54, 1.807) is 37.4 Å². The molecule has 0 atom stereocenters. The molecule has 0 fully saturated rings. The van der Waals surface area contributed by atoms with Crippen molar-refractivity contribution in [3.63, 3.8) is 0 Å². The molecule has 0 amide bonds. The molecule has 0 bridgehead atoms. The fourth-order valence-corrected chi connectivity index (χ4v) is 2.27. The van der Waals surface area contributed by atoms with Crippen molar-refractivity contribution in [3.8, 4) is 11.5 Å². The van der Waals surface area contributed by atoms with Crippen LogP contribution in [0, 0.1) is 0 Å². The molecule has 0 aliphatic carbocycles. The van der Waals surface area contributed by atoms with Crippen molar-refractivity contribution in [2.24, 2.45) is 5.73 Å². The fraction of sp³-hybridized carbons (Fsp3) is 0.133. The van der Waals surface area contributed by atoms with E-state index in [0.29, 0.717) is 26.5 Å². The second kappa shape index (κ2) is 6.98. The van der Waals surface area contributed by atoms with Crippen molar-refractivity contribution in [2.45, 2.75) is 6.61 Å². The predicted molar refractivity (Wildman–Crippen MR) is 89.7 cm³/mol. The summed E-state index contributed by atoms with van der Waals surface area (Å²) >= 11 is 17.0. The topological polar surface area (TPSA) is 44.5 Å². The van der Waals surface area contributed by atoms with Crippen LogP contribution in [-0.4, -0.2) is 12.1 Å². The third-order valence-corrected chi connectivity index (χ3v) is 3.90. The number of benzene rings is 2. The number of rotatable bonds is 5. The van der Waals surface area contributed by atoms with E-state index < -0.39 is 0 Å². The van der Waals surface area contributed by atoms with Gasteiger partial charge < -0.3 is 15.2 Å². The summed E-state index contributed by atoms with van der Waals surface area (Å²) in [5.41, 5.74) is 7.21. The molecule has 0 radical (unpaired) electrons. The van der Waals surface area contributed by atoms with Crippen molar-refractivity contribution < 1.29 is 9.47 Å². The van der Waals surface area contributed by atoms with Crippen LogP contribution in [0.3, 0.4) is 0 Å². The number of ether oxygens (including phenoxy) is 2. The van der Waals surface area contributed by atoms with Crippen molar-refractivity contribution in [1.29, 1.82) is 0 Å². The van der Waals surface area contributed by atoms with Gasteiger partial charge in [0, 0.05) is 11.1 Å². The Kier molecular flexibility index (Phi) is 5.28. The summed E-state index contributed by atoms with van der Waals surface area (Å²) in [4.78, 5) is 0.319. The molecule has 0 aromatic heterocycles. The first-order valence-electron chi connectivity index (χ1n) is 6.06. The van der Waals surface area contributed by atoms with Gasteiger partial charge >= 0.3 is 0 Å². The number of nitrogens with two attached hydrogens (primary N) is 1. The normalized spacial score (nSPS) is 10.2. The summed E-state index contributed by atoms with van der Waals surface area (Å²) in [5, 5.41) is 0.821. The van der Waals surface area contributed by atoms with Crippen LogP contribution in [-0.2, 0) is 6.61 Å². The molecule has 0 aliphatic heterocycles. The largest absolute Gasteiger partial charge is 0.496 e. The smallest absolute Gasteiger partial charge is 0.139 e. The SMILES string of the molecule is COc1ccc(C(N)=S)cc1COc1cccc(Cl)c1Cl. The highest BCUT2D eigenvalue weighted by atomic mass is 35.5. The summed E-state index contributed by atoms with van der Waals surface area (Å²) in [6.07, 6.45) is 0. The Bertz CT molecular complexity index is 677. The van der Waals surface area contributed by atoms with E-state index in [2.05, 4.69) is 0 Å². The van der Waals surface area contributed by atoms with Crippen LogP contribution in [0.2, 0.25) is 10.0 Å². The van der Waals surface area contributed by atoms with Crippen LogP contribution in [0.15, 0.2) is 36.4 Å². The second-order valence-electron chi connectivity index (χ2n) is 4.23. The molecule has 0 heterocycles. The maximum atomic E-state index is 6.09. The van der Waals surface area contributed by atoms with Crippen molar-refractivity contribution in [3.05, 3.63) is 57.6 Å². The van der Waals surface area contributed by atoms with E-state index in [0.717, 1.165) is 11.1 Å². The lowest BCUT2D eigenvalue weighted by Gasteiger charge is -2.13. The lowest BCUT2D eigenvalue weighted by molar-refractivity contribution is 0.297. The van der Waals surface area contributed by atoms with Crippen LogP contribution >= 0.6 is 35.4 Å². The summed E-state index contributed by atoms with van der Waals surface area (Å²) in [7, 11) is 1.59. The molecule has 2 N–H and O–H groups in total. The van der Waals surface area contributed by atoms with Gasteiger partial charge in [-0.25, -0.2) is 0 Å². The molecule has 110 valence electrons. The van der Waals surface area contributed by atoms with Crippen LogP contribution in [0.5, 0.6) is 11.5 Å². The van der Waals surface area contributed by atoms with E-state index >= 15 is 0 Å². The quantitative estimate of drug-likeness (QED) is 0.827. The van der Waals surface area contributed by atoms with Gasteiger partial charge in [-0.15, -0.1) is 0 Å². The average Bonchev–Trinajstić information content (AvgIpc) is 2.48. The molecule has 21 heavy (non-hydrogen) atoms. The minimum absolute atomic E-state index is 0.264. The van der Waals surface area contributed by atoms with Gasteiger partial charge in [-0.1, -0.05) is 41.5 Å². The van der Waals surface area contributed by atoms with Crippen molar-refractivity contribution >= 4 is 40.4 Å². The first-order chi connectivity index (χ1) is 10.0. The third kappa shape index (κ3) is 3.79.